The lowest BCUT2D eigenvalue weighted by molar-refractivity contribution is -0.112. The zero-order chi connectivity index (χ0) is 5.15. The monoisotopic (exact) mass is 310 g/mol. The molecule has 0 saturated heterocycles. The minimum absolute atomic E-state index is 0. The molecule has 0 fully saturated rings. The summed E-state index contributed by atoms with van der Waals surface area (Å²) < 4.78 is 0.0718. The molecule has 0 amide bonds. The third-order valence-electron chi connectivity index (χ3n) is 0.454. The van der Waals surface area contributed by atoms with Crippen LogP contribution in [-0.2, 0) is 4.79 Å². The first-order chi connectivity index (χ1) is 2.64. The van der Waals surface area contributed by atoms with Gasteiger partial charge in [0.2, 0.25) is 0 Å². The summed E-state index contributed by atoms with van der Waals surface area (Å²) in [4.78, 5) is 10.1. The summed E-state index contributed by atoms with van der Waals surface area (Å²) >= 11 is 2.80. The van der Waals surface area contributed by atoms with Gasteiger partial charge in [0.15, 0.2) is 4.69 Å². The van der Waals surface area contributed by atoms with Crippen LogP contribution in [0.4, 0.5) is 0 Å². The molecule has 0 aliphatic carbocycles. The number of hydrogen-bond acceptors (Lipinski definition) is 1. The smallest absolute Gasteiger partial charge is 0.200 e. The van der Waals surface area contributed by atoms with Crippen LogP contribution in [0.25, 0.3) is 0 Å². The number of carbonyl (C=O) groups excluding carboxylic acids is 1. The standard InChI is InChI=1S/C4H7BrO.2BrH/c1-3(2)4(5)6;;/h3H,1-2H3;2*1H. The molecule has 0 radical (unpaired) electrons. The van der Waals surface area contributed by atoms with Crippen molar-refractivity contribution in [2.45, 2.75) is 13.8 Å². The van der Waals surface area contributed by atoms with E-state index in [0.29, 0.717) is 0 Å². The molecule has 0 aliphatic rings. The van der Waals surface area contributed by atoms with Crippen LogP contribution in [0.1, 0.15) is 13.8 Å². The largest absolute Gasteiger partial charge is 0.286 e. The first-order valence-corrected chi connectivity index (χ1v) is 2.63. The fraction of sp³-hybridized carbons (Fsp3) is 0.750. The van der Waals surface area contributed by atoms with E-state index < -0.39 is 0 Å². The number of hydrogen-bond donors (Lipinski definition) is 0. The molecule has 0 rings (SSSR count). The Labute approximate surface area is 78.9 Å². The van der Waals surface area contributed by atoms with E-state index in [1.54, 1.807) is 0 Å². The molecule has 52 valence electrons. The molecule has 0 heterocycles. The molecule has 1 nitrogen and oxygen atoms in total. The lowest BCUT2D eigenvalue weighted by Gasteiger charge is -1.88. The Morgan fingerprint density at radius 2 is 1.50 bits per heavy atom. The predicted molar refractivity (Wildman–Crippen MR) is 49.4 cm³/mol. The number of carbonyl (C=O) groups is 1. The van der Waals surface area contributed by atoms with Crippen LogP contribution in [0.5, 0.6) is 0 Å². The van der Waals surface area contributed by atoms with Crippen LogP contribution in [0, 0.1) is 5.92 Å². The minimum atomic E-state index is 0. The quantitative estimate of drug-likeness (QED) is 0.680. The highest BCUT2D eigenvalue weighted by Crippen LogP contribution is 1.98. The van der Waals surface area contributed by atoms with Gasteiger partial charge in [0.1, 0.15) is 0 Å². The van der Waals surface area contributed by atoms with E-state index in [0.717, 1.165) is 0 Å². The van der Waals surface area contributed by atoms with E-state index in [9.17, 15) is 4.79 Å². The average Bonchev–Trinajstić information content (AvgIpc) is 1.36. The molecule has 8 heavy (non-hydrogen) atoms. The lowest BCUT2D eigenvalue weighted by Crippen LogP contribution is -1.94. The Morgan fingerprint density at radius 3 is 1.50 bits per heavy atom. The third-order valence-corrected chi connectivity index (χ3v) is 1.37. The maximum Gasteiger partial charge on any atom is 0.200 e. The summed E-state index contributed by atoms with van der Waals surface area (Å²) in [5.41, 5.74) is 0. The van der Waals surface area contributed by atoms with Gasteiger partial charge in [-0.25, -0.2) is 0 Å². The van der Waals surface area contributed by atoms with Gasteiger partial charge >= 0.3 is 0 Å². The van der Waals surface area contributed by atoms with E-state index in [1.165, 1.54) is 0 Å². The van der Waals surface area contributed by atoms with Gasteiger partial charge in [0.25, 0.3) is 0 Å². The summed E-state index contributed by atoms with van der Waals surface area (Å²) in [6.45, 7) is 3.69. The van der Waals surface area contributed by atoms with Crippen molar-refractivity contribution >= 4 is 54.6 Å². The zero-order valence-electron chi connectivity index (χ0n) is 4.68. The topological polar surface area (TPSA) is 17.1 Å². The second kappa shape index (κ2) is 8.11. The highest BCUT2D eigenvalue weighted by Gasteiger charge is 1.97. The maximum absolute atomic E-state index is 10.1. The second-order valence-electron chi connectivity index (χ2n) is 1.46. The normalized spacial score (nSPS) is 7.00. The average molecular weight is 313 g/mol. The minimum Gasteiger partial charge on any atom is -0.286 e. The number of rotatable bonds is 1. The lowest BCUT2D eigenvalue weighted by atomic mass is 10.3. The summed E-state index contributed by atoms with van der Waals surface area (Å²) in [5, 5.41) is 0. The van der Waals surface area contributed by atoms with Crippen molar-refractivity contribution in [3.8, 4) is 0 Å². The summed E-state index contributed by atoms with van der Waals surface area (Å²) in [6.07, 6.45) is 0. The molecule has 0 aromatic rings. The van der Waals surface area contributed by atoms with Crippen LogP contribution in [0.2, 0.25) is 0 Å². The summed E-state index contributed by atoms with van der Waals surface area (Å²) in [7, 11) is 0. The van der Waals surface area contributed by atoms with Gasteiger partial charge < -0.3 is 0 Å². The molecule has 0 saturated carbocycles. The van der Waals surface area contributed by atoms with E-state index in [-0.39, 0.29) is 44.6 Å². The van der Waals surface area contributed by atoms with Crippen molar-refractivity contribution < 1.29 is 4.79 Å². The Balaban J connectivity index is -0.000000125. The Kier molecular flexibility index (Phi) is 16.3. The molecule has 0 N–H and O–H groups in total. The van der Waals surface area contributed by atoms with E-state index in [1.807, 2.05) is 13.8 Å². The molecule has 0 bridgehead atoms. The Hall–Kier alpha value is 1.11. The second-order valence-corrected chi connectivity index (χ2v) is 2.24. The predicted octanol–water partition coefficient (Wildman–Crippen LogP) is 2.72. The van der Waals surface area contributed by atoms with Crippen LogP contribution < -0.4 is 0 Å². The highest BCUT2D eigenvalue weighted by atomic mass is 79.9. The van der Waals surface area contributed by atoms with Gasteiger partial charge in [-0.05, 0) is 15.9 Å². The van der Waals surface area contributed by atoms with E-state index >= 15 is 0 Å². The van der Waals surface area contributed by atoms with Crippen LogP contribution in [0.15, 0.2) is 0 Å². The molecule has 0 unspecified atom stereocenters. The Morgan fingerprint density at radius 1 is 1.38 bits per heavy atom. The molecular weight excluding hydrogens is 304 g/mol. The SMILES string of the molecule is Br.Br.CC(C)C(=O)Br. The van der Waals surface area contributed by atoms with Gasteiger partial charge in [0, 0.05) is 5.92 Å². The van der Waals surface area contributed by atoms with Crippen molar-refractivity contribution in [3.05, 3.63) is 0 Å². The molecular formula is C4H9Br3O. The molecule has 0 aromatic heterocycles. The van der Waals surface area contributed by atoms with Crippen LogP contribution >= 0.6 is 49.9 Å². The number of halogens is 3. The third kappa shape index (κ3) is 10.2. The first kappa shape index (κ1) is 16.1. The zero-order valence-corrected chi connectivity index (χ0v) is 9.69. The maximum atomic E-state index is 10.1. The molecule has 0 aromatic carbocycles. The molecule has 0 spiro atoms. The van der Waals surface area contributed by atoms with Crippen LogP contribution in [0.3, 0.4) is 0 Å². The van der Waals surface area contributed by atoms with Crippen molar-refractivity contribution in [2.75, 3.05) is 0 Å². The van der Waals surface area contributed by atoms with Crippen molar-refractivity contribution in [1.29, 1.82) is 0 Å². The van der Waals surface area contributed by atoms with Crippen molar-refractivity contribution in [1.82, 2.24) is 0 Å². The van der Waals surface area contributed by atoms with Gasteiger partial charge in [0.05, 0.1) is 0 Å². The Bertz CT molecular complexity index is 62.3. The van der Waals surface area contributed by atoms with Crippen molar-refractivity contribution in [3.63, 3.8) is 0 Å². The van der Waals surface area contributed by atoms with Gasteiger partial charge in [-0.15, -0.1) is 34.0 Å². The van der Waals surface area contributed by atoms with E-state index in [2.05, 4.69) is 15.9 Å². The fourth-order valence-electron chi connectivity index (χ4n) is 0. The van der Waals surface area contributed by atoms with E-state index in [4.69, 9.17) is 0 Å². The fourth-order valence-corrected chi connectivity index (χ4v) is 0. The molecule has 4 heteroatoms. The summed E-state index contributed by atoms with van der Waals surface area (Å²) in [6, 6.07) is 0. The highest BCUT2D eigenvalue weighted by molar-refractivity contribution is 9.18. The van der Waals surface area contributed by atoms with Crippen molar-refractivity contribution in [2.24, 2.45) is 5.92 Å². The summed E-state index contributed by atoms with van der Waals surface area (Å²) in [5.74, 6) is 0.130. The molecule has 0 atom stereocenters. The van der Waals surface area contributed by atoms with Gasteiger partial charge in [-0.2, -0.15) is 0 Å². The first-order valence-electron chi connectivity index (χ1n) is 1.84. The van der Waals surface area contributed by atoms with Crippen LogP contribution in [-0.4, -0.2) is 4.69 Å². The van der Waals surface area contributed by atoms with Gasteiger partial charge in [-0.1, -0.05) is 13.8 Å². The van der Waals surface area contributed by atoms with Gasteiger partial charge in [-0.3, -0.25) is 4.79 Å². The molecule has 0 aliphatic heterocycles.